The molecule has 0 unspecified atom stereocenters. The monoisotopic (exact) mass is 456 g/mol. The SMILES string of the molecule is O=C(Oc1cc(O)c2c(c1)O[C@H](c1ccc(O)c(O)c1)[C@@H](O)C2=O)c1cc(O)c(O)c(O)c1. The van der Waals surface area contributed by atoms with E-state index in [0.29, 0.717) is 0 Å². The molecule has 0 radical (unpaired) electrons. The van der Waals surface area contributed by atoms with E-state index in [9.17, 15) is 45.3 Å². The number of phenols is 6. The van der Waals surface area contributed by atoms with Crippen LogP contribution in [0, 0.1) is 0 Å². The number of Topliss-reactive ketones (excluding diaryl/α,β-unsaturated/α-hetero) is 1. The van der Waals surface area contributed by atoms with Crippen LogP contribution in [-0.2, 0) is 0 Å². The van der Waals surface area contributed by atoms with Crippen molar-refractivity contribution in [3.63, 3.8) is 0 Å². The summed E-state index contributed by atoms with van der Waals surface area (Å²) in [5, 5.41) is 68.3. The van der Waals surface area contributed by atoms with Gasteiger partial charge in [0.05, 0.1) is 5.56 Å². The zero-order chi connectivity index (χ0) is 24.0. The lowest BCUT2D eigenvalue weighted by Crippen LogP contribution is -2.36. The lowest BCUT2D eigenvalue weighted by molar-refractivity contribution is 0.0210. The van der Waals surface area contributed by atoms with E-state index < -0.39 is 58.5 Å². The molecule has 0 aliphatic carbocycles. The van der Waals surface area contributed by atoms with E-state index in [1.54, 1.807) is 0 Å². The van der Waals surface area contributed by atoms with Gasteiger partial charge in [-0.25, -0.2) is 4.79 Å². The van der Waals surface area contributed by atoms with Crippen molar-refractivity contribution in [2.45, 2.75) is 12.2 Å². The first-order valence-corrected chi connectivity index (χ1v) is 9.31. The maximum Gasteiger partial charge on any atom is 0.343 e. The molecule has 3 aromatic carbocycles. The van der Waals surface area contributed by atoms with Gasteiger partial charge in [-0.1, -0.05) is 6.07 Å². The highest BCUT2D eigenvalue weighted by molar-refractivity contribution is 6.05. The van der Waals surface area contributed by atoms with Gasteiger partial charge in [-0.3, -0.25) is 4.79 Å². The maximum atomic E-state index is 12.6. The second kappa shape index (κ2) is 7.80. The third kappa shape index (κ3) is 3.77. The molecule has 0 spiro atoms. The Kier molecular flexibility index (Phi) is 5.10. The number of aliphatic hydroxyl groups is 1. The largest absolute Gasteiger partial charge is 0.507 e. The summed E-state index contributed by atoms with van der Waals surface area (Å²) in [4.78, 5) is 25.0. The lowest BCUT2D eigenvalue weighted by atomic mass is 9.92. The quantitative estimate of drug-likeness (QED) is 0.173. The highest BCUT2D eigenvalue weighted by atomic mass is 16.5. The molecule has 2 atom stereocenters. The van der Waals surface area contributed by atoms with Crippen LogP contribution in [-0.4, -0.2) is 53.6 Å². The standard InChI is InChI=1S/C22H16O11/c23-11-2-1-8(3-12(11)24)21-20(30)19(29)17-13(25)6-10(7-16(17)33-21)32-22(31)9-4-14(26)18(28)15(27)5-9/h1-7,20-21,23-28,30H/t20-,21+/m0/s1. The van der Waals surface area contributed by atoms with Crippen molar-refractivity contribution < 1.29 is 54.8 Å². The van der Waals surface area contributed by atoms with Crippen LogP contribution in [0.4, 0.5) is 0 Å². The van der Waals surface area contributed by atoms with Gasteiger partial charge in [0.1, 0.15) is 22.8 Å². The highest BCUT2D eigenvalue weighted by Gasteiger charge is 2.39. The molecule has 0 saturated heterocycles. The van der Waals surface area contributed by atoms with E-state index in [1.165, 1.54) is 6.07 Å². The Morgan fingerprint density at radius 3 is 2.12 bits per heavy atom. The van der Waals surface area contributed by atoms with Crippen molar-refractivity contribution in [2.24, 2.45) is 0 Å². The average molecular weight is 456 g/mol. The van der Waals surface area contributed by atoms with Crippen LogP contribution in [0.1, 0.15) is 32.4 Å². The van der Waals surface area contributed by atoms with Gasteiger partial charge in [0, 0.05) is 12.1 Å². The van der Waals surface area contributed by atoms with Crippen molar-refractivity contribution >= 4 is 11.8 Å². The van der Waals surface area contributed by atoms with Crippen LogP contribution in [0.25, 0.3) is 0 Å². The molecule has 0 saturated carbocycles. The molecule has 1 heterocycles. The zero-order valence-electron chi connectivity index (χ0n) is 16.5. The molecule has 7 N–H and O–H groups in total. The van der Waals surface area contributed by atoms with Gasteiger partial charge >= 0.3 is 5.97 Å². The van der Waals surface area contributed by atoms with Gasteiger partial charge in [-0.05, 0) is 29.8 Å². The Balaban J connectivity index is 1.67. The number of carbonyl (C=O) groups is 2. The Morgan fingerprint density at radius 2 is 1.48 bits per heavy atom. The number of ether oxygens (including phenoxy) is 2. The van der Waals surface area contributed by atoms with E-state index in [-0.39, 0.29) is 28.2 Å². The number of esters is 1. The fourth-order valence-electron chi connectivity index (χ4n) is 3.32. The number of phenolic OH excluding ortho intramolecular Hbond substituents is 6. The summed E-state index contributed by atoms with van der Waals surface area (Å²) in [6.45, 7) is 0. The molecule has 1 aliphatic heterocycles. The number of aromatic hydroxyl groups is 6. The first-order valence-electron chi connectivity index (χ1n) is 9.31. The van der Waals surface area contributed by atoms with E-state index in [2.05, 4.69) is 0 Å². The predicted octanol–water partition coefficient (Wildman–Crippen LogP) is 1.82. The second-order valence-electron chi connectivity index (χ2n) is 7.16. The molecule has 0 amide bonds. The Morgan fingerprint density at radius 1 is 0.818 bits per heavy atom. The van der Waals surface area contributed by atoms with E-state index in [0.717, 1.165) is 36.4 Å². The molecule has 0 fully saturated rings. The van der Waals surface area contributed by atoms with Crippen LogP contribution in [0.2, 0.25) is 0 Å². The number of carbonyl (C=O) groups excluding carboxylic acids is 2. The van der Waals surface area contributed by atoms with Gasteiger partial charge in [0.15, 0.2) is 41.0 Å². The highest BCUT2D eigenvalue weighted by Crippen LogP contribution is 2.43. The Bertz CT molecular complexity index is 1270. The van der Waals surface area contributed by atoms with Gasteiger partial charge < -0.3 is 45.2 Å². The van der Waals surface area contributed by atoms with Gasteiger partial charge in [0.2, 0.25) is 5.78 Å². The third-order valence-electron chi connectivity index (χ3n) is 4.95. The molecule has 0 aromatic heterocycles. The lowest BCUT2D eigenvalue weighted by Gasteiger charge is -2.30. The van der Waals surface area contributed by atoms with Crippen molar-refractivity contribution in [3.8, 4) is 46.0 Å². The van der Waals surface area contributed by atoms with Crippen molar-refractivity contribution in [2.75, 3.05) is 0 Å². The van der Waals surface area contributed by atoms with Crippen LogP contribution in [0.15, 0.2) is 42.5 Å². The number of hydrogen-bond acceptors (Lipinski definition) is 11. The molecular weight excluding hydrogens is 440 g/mol. The van der Waals surface area contributed by atoms with E-state index in [1.807, 2.05) is 0 Å². The summed E-state index contributed by atoms with van der Waals surface area (Å²) in [6.07, 6.45) is -3.06. The van der Waals surface area contributed by atoms with Crippen molar-refractivity contribution in [1.29, 1.82) is 0 Å². The molecule has 11 nitrogen and oxygen atoms in total. The summed E-state index contributed by atoms with van der Waals surface area (Å²) in [6, 6.07) is 7.27. The van der Waals surface area contributed by atoms with E-state index >= 15 is 0 Å². The van der Waals surface area contributed by atoms with Crippen LogP contribution < -0.4 is 9.47 Å². The van der Waals surface area contributed by atoms with Gasteiger partial charge in [-0.2, -0.15) is 0 Å². The molecule has 170 valence electrons. The van der Waals surface area contributed by atoms with Crippen molar-refractivity contribution in [1.82, 2.24) is 0 Å². The average Bonchev–Trinajstić information content (AvgIpc) is 2.75. The third-order valence-corrected chi connectivity index (χ3v) is 4.95. The summed E-state index contributed by atoms with van der Waals surface area (Å²) in [7, 11) is 0. The molecular formula is C22H16O11. The van der Waals surface area contributed by atoms with Gasteiger partial charge in [0.25, 0.3) is 0 Å². The van der Waals surface area contributed by atoms with Crippen LogP contribution in [0.3, 0.4) is 0 Å². The summed E-state index contributed by atoms with van der Waals surface area (Å²) >= 11 is 0. The molecule has 0 bridgehead atoms. The summed E-state index contributed by atoms with van der Waals surface area (Å²) in [5.74, 6) is -6.42. The molecule has 3 aromatic rings. The number of ketones is 1. The maximum absolute atomic E-state index is 12.6. The molecule has 33 heavy (non-hydrogen) atoms. The number of rotatable bonds is 3. The van der Waals surface area contributed by atoms with Crippen LogP contribution in [0.5, 0.6) is 46.0 Å². The minimum atomic E-state index is -1.75. The normalized spacial score (nSPS) is 17.2. The minimum Gasteiger partial charge on any atom is -0.507 e. The number of benzene rings is 3. The minimum absolute atomic E-state index is 0.147. The van der Waals surface area contributed by atoms with E-state index in [4.69, 9.17) is 9.47 Å². The molecule has 11 heteroatoms. The fraction of sp³-hybridized carbons (Fsp3) is 0.0909. The van der Waals surface area contributed by atoms with Crippen LogP contribution >= 0.6 is 0 Å². The summed E-state index contributed by atoms with van der Waals surface area (Å²) in [5.41, 5.74) is -0.542. The van der Waals surface area contributed by atoms with Gasteiger partial charge in [-0.15, -0.1) is 0 Å². The predicted molar refractivity (Wildman–Crippen MR) is 108 cm³/mol. The summed E-state index contributed by atoms with van der Waals surface area (Å²) < 4.78 is 10.7. The zero-order valence-corrected chi connectivity index (χ0v) is 16.5. The topological polar surface area (TPSA) is 194 Å². The first-order chi connectivity index (χ1) is 15.6. The number of aliphatic hydroxyl groups excluding tert-OH is 1. The molecule has 1 aliphatic rings. The smallest absolute Gasteiger partial charge is 0.343 e. The molecule has 4 rings (SSSR count). The Hall–Kier alpha value is -4.64. The Labute approximate surface area is 184 Å². The number of hydrogen-bond donors (Lipinski definition) is 7. The second-order valence-corrected chi connectivity index (χ2v) is 7.16. The first kappa shape index (κ1) is 21.6. The number of fused-ring (bicyclic) bond motifs is 1. The van der Waals surface area contributed by atoms with Crippen molar-refractivity contribution in [3.05, 3.63) is 59.2 Å². The fourth-order valence-corrected chi connectivity index (χ4v) is 3.32.